The van der Waals surface area contributed by atoms with Gasteiger partial charge in [0.05, 0.1) is 0 Å². The molecule has 3 atom stereocenters. The van der Waals surface area contributed by atoms with Crippen molar-refractivity contribution < 1.29 is 4.39 Å². The highest BCUT2D eigenvalue weighted by atomic mass is 19.1. The molecule has 0 aliphatic heterocycles. The lowest BCUT2D eigenvalue weighted by atomic mass is 9.67. The SMILES string of the molecule is Cc1ccc(C2CC(N)C2C)cc1F. The first kappa shape index (κ1) is 9.66. The van der Waals surface area contributed by atoms with E-state index in [-0.39, 0.29) is 5.82 Å². The van der Waals surface area contributed by atoms with Crippen LogP contribution in [-0.4, -0.2) is 6.04 Å². The third-order valence-electron chi connectivity index (χ3n) is 3.46. The van der Waals surface area contributed by atoms with E-state index >= 15 is 0 Å². The Morgan fingerprint density at radius 3 is 2.64 bits per heavy atom. The smallest absolute Gasteiger partial charge is 0.126 e. The molecule has 2 heteroatoms. The summed E-state index contributed by atoms with van der Waals surface area (Å²) in [7, 11) is 0. The zero-order valence-electron chi connectivity index (χ0n) is 8.63. The van der Waals surface area contributed by atoms with E-state index in [1.54, 1.807) is 13.0 Å². The van der Waals surface area contributed by atoms with E-state index in [1.807, 2.05) is 12.1 Å². The molecule has 3 unspecified atom stereocenters. The molecule has 0 saturated heterocycles. The van der Waals surface area contributed by atoms with Gasteiger partial charge in [-0.05, 0) is 42.4 Å². The summed E-state index contributed by atoms with van der Waals surface area (Å²) in [5.41, 5.74) is 7.64. The Morgan fingerprint density at radius 2 is 2.14 bits per heavy atom. The Hall–Kier alpha value is -0.890. The fraction of sp³-hybridized carbons (Fsp3) is 0.500. The lowest BCUT2D eigenvalue weighted by molar-refractivity contribution is 0.226. The molecular weight excluding hydrogens is 177 g/mol. The van der Waals surface area contributed by atoms with Crippen LogP contribution in [0.5, 0.6) is 0 Å². The highest BCUT2D eigenvalue weighted by Crippen LogP contribution is 2.41. The number of nitrogens with two attached hydrogens (primary N) is 1. The first-order valence-corrected chi connectivity index (χ1v) is 5.11. The number of hydrogen-bond donors (Lipinski definition) is 1. The molecule has 1 fully saturated rings. The first-order valence-electron chi connectivity index (χ1n) is 5.11. The van der Waals surface area contributed by atoms with Crippen LogP contribution in [0.25, 0.3) is 0 Å². The van der Waals surface area contributed by atoms with E-state index in [0.29, 0.717) is 23.4 Å². The number of rotatable bonds is 1. The van der Waals surface area contributed by atoms with Crippen LogP contribution in [0.2, 0.25) is 0 Å². The molecule has 2 N–H and O–H groups in total. The molecular formula is C12H16FN. The highest BCUT2D eigenvalue weighted by Gasteiger charge is 2.35. The van der Waals surface area contributed by atoms with Crippen molar-refractivity contribution in [2.24, 2.45) is 11.7 Å². The molecule has 0 bridgehead atoms. The van der Waals surface area contributed by atoms with Crippen LogP contribution >= 0.6 is 0 Å². The van der Waals surface area contributed by atoms with Gasteiger partial charge in [-0.2, -0.15) is 0 Å². The standard InChI is InChI=1S/C12H16FN/c1-7-3-4-9(5-11(7)13)10-6-12(14)8(10)2/h3-5,8,10,12H,6,14H2,1-2H3. The minimum absolute atomic E-state index is 0.102. The highest BCUT2D eigenvalue weighted by molar-refractivity contribution is 5.29. The van der Waals surface area contributed by atoms with E-state index in [2.05, 4.69) is 6.92 Å². The maximum absolute atomic E-state index is 13.3. The molecule has 76 valence electrons. The number of hydrogen-bond acceptors (Lipinski definition) is 1. The van der Waals surface area contributed by atoms with Crippen LogP contribution < -0.4 is 5.73 Å². The summed E-state index contributed by atoms with van der Waals surface area (Å²) < 4.78 is 13.3. The van der Waals surface area contributed by atoms with E-state index in [4.69, 9.17) is 5.73 Å². The van der Waals surface area contributed by atoms with Crippen molar-refractivity contribution in [3.63, 3.8) is 0 Å². The topological polar surface area (TPSA) is 26.0 Å². The quantitative estimate of drug-likeness (QED) is 0.729. The van der Waals surface area contributed by atoms with Crippen molar-refractivity contribution in [1.29, 1.82) is 0 Å². The summed E-state index contributed by atoms with van der Waals surface area (Å²) in [6.45, 7) is 3.92. The first-order chi connectivity index (χ1) is 6.59. The van der Waals surface area contributed by atoms with E-state index in [0.717, 1.165) is 12.0 Å². The summed E-state index contributed by atoms with van der Waals surface area (Å²) in [6, 6.07) is 5.82. The molecule has 1 aromatic rings. The molecule has 0 heterocycles. The molecule has 2 rings (SSSR count). The summed E-state index contributed by atoms with van der Waals surface area (Å²) >= 11 is 0. The Balaban J connectivity index is 2.22. The van der Waals surface area contributed by atoms with Crippen molar-refractivity contribution >= 4 is 0 Å². The molecule has 0 radical (unpaired) electrons. The average molecular weight is 193 g/mol. The second-order valence-electron chi connectivity index (χ2n) is 4.37. The number of benzene rings is 1. The van der Waals surface area contributed by atoms with Gasteiger partial charge in [-0.25, -0.2) is 4.39 Å². The Labute approximate surface area is 84.1 Å². The largest absolute Gasteiger partial charge is 0.327 e. The van der Waals surface area contributed by atoms with Gasteiger partial charge in [0.25, 0.3) is 0 Å². The maximum atomic E-state index is 13.3. The predicted octanol–water partition coefficient (Wildman–Crippen LogP) is 2.58. The Morgan fingerprint density at radius 1 is 1.43 bits per heavy atom. The molecule has 1 nitrogen and oxygen atoms in total. The van der Waals surface area contributed by atoms with Gasteiger partial charge in [-0.3, -0.25) is 0 Å². The minimum atomic E-state index is -0.102. The fourth-order valence-electron chi connectivity index (χ4n) is 2.10. The van der Waals surface area contributed by atoms with Crippen molar-refractivity contribution in [3.05, 3.63) is 35.1 Å². The third-order valence-corrected chi connectivity index (χ3v) is 3.46. The summed E-state index contributed by atoms with van der Waals surface area (Å²) in [6.07, 6.45) is 0.990. The second-order valence-corrected chi connectivity index (χ2v) is 4.37. The fourth-order valence-corrected chi connectivity index (χ4v) is 2.10. The molecule has 1 aliphatic rings. The molecule has 1 aromatic carbocycles. The molecule has 14 heavy (non-hydrogen) atoms. The molecule has 1 saturated carbocycles. The number of halogens is 1. The number of aryl methyl sites for hydroxylation is 1. The average Bonchev–Trinajstić information content (AvgIpc) is 2.18. The van der Waals surface area contributed by atoms with Crippen LogP contribution in [0.3, 0.4) is 0 Å². The summed E-state index contributed by atoms with van der Waals surface area (Å²) in [5, 5.41) is 0. The predicted molar refractivity (Wildman–Crippen MR) is 55.6 cm³/mol. The molecule has 0 spiro atoms. The Bertz CT molecular complexity index is 348. The lowest BCUT2D eigenvalue weighted by Crippen LogP contribution is -2.44. The van der Waals surface area contributed by atoms with Gasteiger partial charge < -0.3 is 5.73 Å². The van der Waals surface area contributed by atoms with Crippen LogP contribution in [-0.2, 0) is 0 Å². The summed E-state index contributed by atoms with van der Waals surface area (Å²) in [4.78, 5) is 0. The van der Waals surface area contributed by atoms with Gasteiger partial charge in [0, 0.05) is 6.04 Å². The zero-order valence-corrected chi connectivity index (χ0v) is 8.63. The van der Waals surface area contributed by atoms with Crippen molar-refractivity contribution in [1.82, 2.24) is 0 Å². The normalized spacial score (nSPS) is 31.3. The third kappa shape index (κ3) is 1.44. The van der Waals surface area contributed by atoms with Crippen LogP contribution in [0.15, 0.2) is 18.2 Å². The van der Waals surface area contributed by atoms with Gasteiger partial charge in [-0.15, -0.1) is 0 Å². The lowest BCUT2D eigenvalue weighted by Gasteiger charge is -2.40. The Kier molecular flexibility index (Phi) is 2.31. The minimum Gasteiger partial charge on any atom is -0.327 e. The van der Waals surface area contributed by atoms with E-state index < -0.39 is 0 Å². The summed E-state index contributed by atoms with van der Waals surface area (Å²) in [5.74, 6) is 0.840. The van der Waals surface area contributed by atoms with Gasteiger partial charge in [0.1, 0.15) is 5.82 Å². The zero-order chi connectivity index (χ0) is 10.3. The van der Waals surface area contributed by atoms with Crippen LogP contribution in [0.1, 0.15) is 30.4 Å². The van der Waals surface area contributed by atoms with Gasteiger partial charge in [-0.1, -0.05) is 19.1 Å². The van der Waals surface area contributed by atoms with Crippen molar-refractivity contribution in [2.45, 2.75) is 32.2 Å². The van der Waals surface area contributed by atoms with E-state index in [1.165, 1.54) is 0 Å². The second kappa shape index (κ2) is 3.35. The monoisotopic (exact) mass is 193 g/mol. The maximum Gasteiger partial charge on any atom is 0.126 e. The molecule has 1 aliphatic carbocycles. The molecule has 0 amide bonds. The van der Waals surface area contributed by atoms with Crippen LogP contribution in [0.4, 0.5) is 4.39 Å². The van der Waals surface area contributed by atoms with Gasteiger partial charge in [0.2, 0.25) is 0 Å². The van der Waals surface area contributed by atoms with Crippen LogP contribution in [0, 0.1) is 18.7 Å². The molecule has 0 aromatic heterocycles. The van der Waals surface area contributed by atoms with Gasteiger partial charge >= 0.3 is 0 Å². The van der Waals surface area contributed by atoms with E-state index in [9.17, 15) is 4.39 Å². The van der Waals surface area contributed by atoms with Crippen molar-refractivity contribution in [3.8, 4) is 0 Å². The van der Waals surface area contributed by atoms with Gasteiger partial charge in [0.15, 0.2) is 0 Å². The van der Waals surface area contributed by atoms with Crippen molar-refractivity contribution in [2.75, 3.05) is 0 Å².